The van der Waals surface area contributed by atoms with Gasteiger partial charge in [0.15, 0.2) is 5.11 Å². The summed E-state index contributed by atoms with van der Waals surface area (Å²) in [5, 5.41) is 8.71. The van der Waals surface area contributed by atoms with Gasteiger partial charge in [0, 0.05) is 53.6 Å². The van der Waals surface area contributed by atoms with Crippen molar-refractivity contribution in [2.24, 2.45) is 0 Å². The molecule has 1 saturated heterocycles. The maximum atomic E-state index is 13.0. The zero-order valence-corrected chi connectivity index (χ0v) is 20.9. The van der Waals surface area contributed by atoms with E-state index in [2.05, 4.69) is 15.5 Å². The molecule has 0 aromatic heterocycles. The molecule has 2 N–H and O–H groups in total. The van der Waals surface area contributed by atoms with Crippen LogP contribution in [0, 0.1) is 0 Å². The van der Waals surface area contributed by atoms with Gasteiger partial charge in [0.25, 0.3) is 5.91 Å². The molecule has 0 unspecified atom stereocenters. The van der Waals surface area contributed by atoms with Crippen molar-refractivity contribution < 1.29 is 9.59 Å². The standard InChI is InChI=1S/C25H24Cl2N4O2S/c1-2-23(32)31-13-11-30(12-14-31)22-10-9-16(26)15-21(22)28-25(34)29-24(33)19-7-3-6-18-17(19)5-4-8-20(18)27/h3-10,15H,2,11-14H2,1H3,(H2,28,29,33,34). The molecule has 3 aromatic carbocycles. The highest BCUT2D eigenvalue weighted by atomic mass is 35.5. The molecule has 1 fully saturated rings. The van der Waals surface area contributed by atoms with Crippen molar-refractivity contribution in [1.82, 2.24) is 10.2 Å². The van der Waals surface area contributed by atoms with Gasteiger partial charge >= 0.3 is 0 Å². The Hall–Kier alpha value is -2.87. The number of nitrogens with zero attached hydrogens (tertiary/aromatic N) is 2. The van der Waals surface area contributed by atoms with Crippen LogP contribution in [0.2, 0.25) is 10.0 Å². The highest BCUT2D eigenvalue weighted by Crippen LogP contribution is 2.30. The number of hydrogen-bond donors (Lipinski definition) is 2. The van der Waals surface area contributed by atoms with E-state index < -0.39 is 0 Å². The number of fused-ring (bicyclic) bond motifs is 1. The molecule has 1 heterocycles. The molecule has 3 aromatic rings. The lowest BCUT2D eigenvalue weighted by Crippen LogP contribution is -2.48. The first kappa shape index (κ1) is 24.3. The van der Waals surface area contributed by atoms with E-state index in [-0.39, 0.29) is 16.9 Å². The number of nitrogens with one attached hydrogen (secondary N) is 2. The Balaban J connectivity index is 1.49. The SMILES string of the molecule is CCC(=O)N1CCN(c2ccc(Cl)cc2NC(=S)NC(=O)c2cccc3c(Cl)cccc23)CC1. The van der Waals surface area contributed by atoms with Crippen molar-refractivity contribution in [3.8, 4) is 0 Å². The van der Waals surface area contributed by atoms with Crippen molar-refractivity contribution in [1.29, 1.82) is 0 Å². The van der Waals surface area contributed by atoms with Crippen LogP contribution in [0.4, 0.5) is 11.4 Å². The number of piperazine rings is 1. The maximum Gasteiger partial charge on any atom is 0.258 e. The summed E-state index contributed by atoms with van der Waals surface area (Å²) in [7, 11) is 0. The predicted molar refractivity (Wildman–Crippen MR) is 143 cm³/mol. The molecule has 6 nitrogen and oxygen atoms in total. The van der Waals surface area contributed by atoms with Crippen molar-refractivity contribution >= 4 is 74.5 Å². The summed E-state index contributed by atoms with van der Waals surface area (Å²) in [5.41, 5.74) is 2.07. The molecule has 0 atom stereocenters. The summed E-state index contributed by atoms with van der Waals surface area (Å²) in [5.74, 6) is -0.173. The first-order chi connectivity index (χ1) is 16.4. The van der Waals surface area contributed by atoms with Gasteiger partial charge in [-0.25, -0.2) is 0 Å². The first-order valence-corrected chi connectivity index (χ1v) is 12.2. The number of anilines is 2. The van der Waals surface area contributed by atoms with Crippen LogP contribution in [-0.4, -0.2) is 48.0 Å². The van der Waals surface area contributed by atoms with Gasteiger partial charge in [-0.05, 0) is 47.9 Å². The van der Waals surface area contributed by atoms with Gasteiger partial charge in [-0.1, -0.05) is 54.4 Å². The fraction of sp³-hybridized carbons (Fsp3) is 0.240. The van der Waals surface area contributed by atoms with Crippen LogP contribution < -0.4 is 15.5 Å². The number of thiocarbonyl (C=S) groups is 1. The average molecular weight is 515 g/mol. The number of halogens is 2. The van der Waals surface area contributed by atoms with E-state index in [4.69, 9.17) is 35.4 Å². The fourth-order valence-corrected chi connectivity index (χ4v) is 4.71. The lowest BCUT2D eigenvalue weighted by Gasteiger charge is -2.37. The van der Waals surface area contributed by atoms with Crippen LogP contribution in [0.15, 0.2) is 54.6 Å². The molecule has 2 amide bonds. The smallest absolute Gasteiger partial charge is 0.258 e. The normalized spacial score (nSPS) is 13.6. The zero-order chi connectivity index (χ0) is 24.2. The monoisotopic (exact) mass is 514 g/mol. The maximum absolute atomic E-state index is 13.0. The molecule has 9 heteroatoms. The van der Waals surface area contributed by atoms with Gasteiger partial charge < -0.3 is 15.1 Å². The van der Waals surface area contributed by atoms with Crippen molar-refractivity contribution in [3.63, 3.8) is 0 Å². The summed E-state index contributed by atoms with van der Waals surface area (Å²) < 4.78 is 0. The second-order valence-corrected chi connectivity index (χ2v) is 9.18. The van der Waals surface area contributed by atoms with E-state index in [1.165, 1.54) is 0 Å². The average Bonchev–Trinajstić information content (AvgIpc) is 2.83. The minimum Gasteiger partial charge on any atom is -0.366 e. The Kier molecular flexibility index (Phi) is 7.56. The molecular formula is C25H24Cl2N4O2S. The van der Waals surface area contributed by atoms with Crippen LogP contribution in [0.25, 0.3) is 10.8 Å². The third-order valence-electron chi connectivity index (χ3n) is 5.82. The molecular weight excluding hydrogens is 491 g/mol. The van der Waals surface area contributed by atoms with Crippen LogP contribution in [-0.2, 0) is 4.79 Å². The molecule has 0 radical (unpaired) electrons. The molecule has 0 bridgehead atoms. The molecule has 0 saturated carbocycles. The van der Waals surface area contributed by atoms with Crippen molar-refractivity contribution in [3.05, 3.63) is 70.2 Å². The van der Waals surface area contributed by atoms with Crippen molar-refractivity contribution in [2.45, 2.75) is 13.3 Å². The van der Waals surface area contributed by atoms with Gasteiger partial charge in [0.05, 0.1) is 11.4 Å². The van der Waals surface area contributed by atoms with Crippen LogP contribution in [0.5, 0.6) is 0 Å². The quantitative estimate of drug-likeness (QED) is 0.460. The van der Waals surface area contributed by atoms with E-state index in [0.29, 0.717) is 53.9 Å². The fourth-order valence-electron chi connectivity index (χ4n) is 4.10. The van der Waals surface area contributed by atoms with E-state index in [9.17, 15) is 9.59 Å². The highest BCUT2D eigenvalue weighted by molar-refractivity contribution is 7.80. The summed E-state index contributed by atoms with van der Waals surface area (Å²) >= 11 is 18.0. The van der Waals surface area contributed by atoms with Crippen LogP contribution in [0.3, 0.4) is 0 Å². The predicted octanol–water partition coefficient (Wildman–Crippen LogP) is 5.33. The van der Waals surface area contributed by atoms with Crippen LogP contribution >= 0.6 is 35.4 Å². The Labute approximate surface area is 213 Å². The number of benzene rings is 3. The second kappa shape index (κ2) is 10.6. The molecule has 176 valence electrons. The summed E-state index contributed by atoms with van der Waals surface area (Å²) in [6.45, 7) is 4.56. The molecule has 0 aliphatic carbocycles. The number of carbonyl (C=O) groups excluding carboxylic acids is 2. The minimum atomic E-state index is -0.333. The molecule has 4 rings (SSSR count). The topological polar surface area (TPSA) is 64.7 Å². The number of amides is 2. The van der Waals surface area contributed by atoms with Gasteiger partial charge in [0.1, 0.15) is 0 Å². The Morgan fingerprint density at radius 3 is 2.41 bits per heavy atom. The van der Waals surface area contributed by atoms with Crippen molar-refractivity contribution in [2.75, 3.05) is 36.4 Å². The lowest BCUT2D eigenvalue weighted by atomic mass is 10.0. The van der Waals surface area contributed by atoms with E-state index in [1.54, 1.807) is 24.3 Å². The zero-order valence-electron chi connectivity index (χ0n) is 18.6. The van der Waals surface area contributed by atoms with Gasteiger partial charge in [0.2, 0.25) is 5.91 Å². The van der Waals surface area contributed by atoms with Crippen LogP contribution in [0.1, 0.15) is 23.7 Å². The molecule has 1 aliphatic heterocycles. The Morgan fingerprint density at radius 2 is 1.68 bits per heavy atom. The summed E-state index contributed by atoms with van der Waals surface area (Å²) in [4.78, 5) is 29.0. The summed E-state index contributed by atoms with van der Waals surface area (Å²) in [6.07, 6.45) is 0.505. The molecule has 0 spiro atoms. The van der Waals surface area contributed by atoms with Gasteiger partial charge in [-0.2, -0.15) is 0 Å². The Bertz CT molecular complexity index is 1260. The minimum absolute atomic E-state index is 0.160. The number of hydrogen-bond acceptors (Lipinski definition) is 4. The molecule has 1 aliphatic rings. The van der Waals surface area contributed by atoms with Gasteiger partial charge in [-0.3, -0.25) is 14.9 Å². The summed E-state index contributed by atoms with van der Waals surface area (Å²) in [6, 6.07) is 16.3. The van der Waals surface area contributed by atoms with E-state index in [0.717, 1.165) is 16.5 Å². The third kappa shape index (κ3) is 5.27. The van der Waals surface area contributed by atoms with Gasteiger partial charge in [-0.15, -0.1) is 0 Å². The number of carbonyl (C=O) groups is 2. The largest absolute Gasteiger partial charge is 0.366 e. The highest BCUT2D eigenvalue weighted by Gasteiger charge is 2.22. The second-order valence-electron chi connectivity index (χ2n) is 7.93. The first-order valence-electron chi connectivity index (χ1n) is 11.0. The Morgan fingerprint density at radius 1 is 0.971 bits per heavy atom. The number of rotatable bonds is 4. The van der Waals surface area contributed by atoms with E-state index in [1.807, 2.05) is 42.2 Å². The van der Waals surface area contributed by atoms with E-state index >= 15 is 0 Å². The molecule has 34 heavy (non-hydrogen) atoms. The third-order valence-corrected chi connectivity index (χ3v) is 6.59. The lowest BCUT2D eigenvalue weighted by molar-refractivity contribution is -0.131.